The van der Waals surface area contributed by atoms with Crippen LogP contribution in [0.15, 0.2) is 12.1 Å². The third kappa shape index (κ3) is 3.64. The van der Waals surface area contributed by atoms with E-state index in [-0.39, 0.29) is 29.6 Å². The van der Waals surface area contributed by atoms with Crippen LogP contribution in [0.3, 0.4) is 0 Å². The van der Waals surface area contributed by atoms with E-state index in [0.29, 0.717) is 12.5 Å². The number of nitrogen functional groups attached to an aromatic ring is 1. The van der Waals surface area contributed by atoms with Crippen molar-refractivity contribution in [3.63, 3.8) is 0 Å². The number of hydrogen-bond donors (Lipinski definition) is 2. The van der Waals surface area contributed by atoms with Crippen molar-refractivity contribution in [2.24, 2.45) is 5.92 Å². The molecule has 1 aliphatic rings. The van der Waals surface area contributed by atoms with E-state index in [4.69, 9.17) is 15.2 Å². The molecule has 21 heavy (non-hydrogen) atoms. The number of nitrogens with one attached hydrogen (secondary N) is 1. The van der Waals surface area contributed by atoms with E-state index in [1.54, 1.807) is 6.92 Å². The maximum absolute atomic E-state index is 14.0. The standard InChI is InChI=1S/C15H21FN2O3/c1-3-21-15(19)11-6-14(12(16)7-13(11)17)18-9(2)10-4-5-20-8-10/h6-7,9-10,18H,3-5,8,17H2,1-2H3. The molecule has 5 nitrogen and oxygen atoms in total. The Labute approximate surface area is 123 Å². The van der Waals surface area contributed by atoms with Crippen LogP contribution in [0.2, 0.25) is 0 Å². The molecule has 0 spiro atoms. The summed E-state index contributed by atoms with van der Waals surface area (Å²) >= 11 is 0. The van der Waals surface area contributed by atoms with Gasteiger partial charge in [0.25, 0.3) is 0 Å². The second-order valence-electron chi connectivity index (χ2n) is 5.20. The minimum atomic E-state index is -0.546. The summed E-state index contributed by atoms with van der Waals surface area (Å²) in [6, 6.07) is 2.60. The highest BCUT2D eigenvalue weighted by atomic mass is 19.1. The smallest absolute Gasteiger partial charge is 0.340 e. The Bertz CT molecular complexity index is 516. The summed E-state index contributed by atoms with van der Waals surface area (Å²) in [4.78, 5) is 11.8. The van der Waals surface area contributed by atoms with Crippen LogP contribution in [-0.4, -0.2) is 31.8 Å². The van der Waals surface area contributed by atoms with Crippen LogP contribution in [0.5, 0.6) is 0 Å². The van der Waals surface area contributed by atoms with Gasteiger partial charge in [0.15, 0.2) is 0 Å². The second kappa shape index (κ2) is 6.76. The summed E-state index contributed by atoms with van der Waals surface area (Å²) in [5, 5.41) is 3.10. The zero-order valence-corrected chi connectivity index (χ0v) is 12.3. The molecule has 3 N–H and O–H groups in total. The van der Waals surface area contributed by atoms with Gasteiger partial charge in [-0.05, 0) is 32.4 Å². The number of benzene rings is 1. The van der Waals surface area contributed by atoms with Gasteiger partial charge in [-0.15, -0.1) is 0 Å². The average molecular weight is 296 g/mol. The molecule has 1 fully saturated rings. The molecule has 1 heterocycles. The highest BCUT2D eigenvalue weighted by Gasteiger charge is 2.24. The lowest BCUT2D eigenvalue weighted by Gasteiger charge is -2.21. The Morgan fingerprint density at radius 3 is 3.00 bits per heavy atom. The summed E-state index contributed by atoms with van der Waals surface area (Å²) < 4.78 is 24.3. The Morgan fingerprint density at radius 1 is 1.62 bits per heavy atom. The van der Waals surface area contributed by atoms with Gasteiger partial charge in [-0.1, -0.05) is 0 Å². The van der Waals surface area contributed by atoms with E-state index >= 15 is 0 Å². The van der Waals surface area contributed by atoms with Gasteiger partial charge in [-0.25, -0.2) is 9.18 Å². The molecular weight excluding hydrogens is 275 g/mol. The molecule has 2 rings (SSSR count). The number of esters is 1. The minimum absolute atomic E-state index is 0.0423. The van der Waals surface area contributed by atoms with Crippen molar-refractivity contribution in [3.05, 3.63) is 23.5 Å². The van der Waals surface area contributed by atoms with Crippen LogP contribution in [0.4, 0.5) is 15.8 Å². The lowest BCUT2D eigenvalue weighted by atomic mass is 10.00. The van der Waals surface area contributed by atoms with Gasteiger partial charge < -0.3 is 20.5 Å². The third-order valence-corrected chi connectivity index (χ3v) is 3.69. The molecule has 1 aliphatic heterocycles. The number of carbonyl (C=O) groups excluding carboxylic acids is 1. The fourth-order valence-electron chi connectivity index (χ4n) is 2.40. The quantitative estimate of drug-likeness (QED) is 0.645. The third-order valence-electron chi connectivity index (χ3n) is 3.69. The topological polar surface area (TPSA) is 73.6 Å². The van der Waals surface area contributed by atoms with Crippen molar-refractivity contribution in [1.82, 2.24) is 0 Å². The Kier molecular flexibility index (Phi) is 5.01. The molecule has 0 radical (unpaired) electrons. The van der Waals surface area contributed by atoms with Crippen LogP contribution in [0.1, 0.15) is 30.6 Å². The summed E-state index contributed by atoms with van der Waals surface area (Å²) in [5.41, 5.74) is 6.20. The first-order valence-corrected chi connectivity index (χ1v) is 7.13. The maximum Gasteiger partial charge on any atom is 0.340 e. The second-order valence-corrected chi connectivity index (χ2v) is 5.20. The van der Waals surface area contributed by atoms with E-state index in [2.05, 4.69) is 5.32 Å². The van der Waals surface area contributed by atoms with E-state index in [0.717, 1.165) is 19.1 Å². The van der Waals surface area contributed by atoms with Crippen molar-refractivity contribution in [2.75, 3.05) is 30.9 Å². The maximum atomic E-state index is 14.0. The van der Waals surface area contributed by atoms with E-state index in [1.165, 1.54) is 6.07 Å². The fourth-order valence-corrected chi connectivity index (χ4v) is 2.40. The number of nitrogens with two attached hydrogens (primary N) is 1. The van der Waals surface area contributed by atoms with Gasteiger partial charge in [-0.2, -0.15) is 0 Å². The van der Waals surface area contributed by atoms with Crippen LogP contribution >= 0.6 is 0 Å². The number of ether oxygens (including phenoxy) is 2. The van der Waals surface area contributed by atoms with Gasteiger partial charge in [0.2, 0.25) is 0 Å². The number of anilines is 2. The molecular formula is C15H21FN2O3. The fraction of sp³-hybridized carbons (Fsp3) is 0.533. The van der Waals surface area contributed by atoms with Crippen molar-refractivity contribution < 1.29 is 18.7 Å². The molecule has 0 amide bonds. The number of rotatable bonds is 5. The molecule has 0 saturated carbocycles. The summed E-state index contributed by atoms with van der Waals surface area (Å²) in [6.07, 6.45) is 0.940. The molecule has 0 aliphatic carbocycles. The van der Waals surface area contributed by atoms with E-state index in [1.807, 2.05) is 6.92 Å². The predicted octanol–water partition coefficient (Wildman–Crippen LogP) is 2.42. The summed E-state index contributed by atoms with van der Waals surface area (Å²) in [5.74, 6) is -0.700. The first-order valence-electron chi connectivity index (χ1n) is 7.13. The highest BCUT2D eigenvalue weighted by molar-refractivity contribution is 5.96. The molecule has 1 saturated heterocycles. The van der Waals surface area contributed by atoms with Crippen molar-refractivity contribution in [2.45, 2.75) is 26.3 Å². The Balaban J connectivity index is 2.18. The van der Waals surface area contributed by atoms with E-state index < -0.39 is 11.8 Å². The van der Waals surface area contributed by atoms with Crippen molar-refractivity contribution in [3.8, 4) is 0 Å². The lowest BCUT2D eigenvalue weighted by molar-refractivity contribution is 0.0527. The molecule has 2 atom stereocenters. The molecule has 116 valence electrons. The molecule has 6 heteroatoms. The number of carbonyl (C=O) groups is 1. The molecule has 0 aromatic heterocycles. The van der Waals surface area contributed by atoms with Crippen LogP contribution in [0.25, 0.3) is 0 Å². The van der Waals surface area contributed by atoms with Crippen molar-refractivity contribution in [1.29, 1.82) is 0 Å². The first-order chi connectivity index (χ1) is 10.0. The molecule has 2 unspecified atom stereocenters. The van der Waals surface area contributed by atoms with Gasteiger partial charge in [0.1, 0.15) is 5.82 Å². The summed E-state index contributed by atoms with van der Waals surface area (Å²) in [6.45, 7) is 5.32. The Morgan fingerprint density at radius 2 is 2.38 bits per heavy atom. The van der Waals surface area contributed by atoms with Crippen LogP contribution < -0.4 is 11.1 Å². The molecule has 1 aromatic rings. The normalized spacial score (nSPS) is 19.3. The zero-order chi connectivity index (χ0) is 15.4. The molecule has 1 aromatic carbocycles. The number of halogens is 1. The van der Waals surface area contributed by atoms with E-state index in [9.17, 15) is 9.18 Å². The number of hydrogen-bond acceptors (Lipinski definition) is 5. The predicted molar refractivity (Wildman–Crippen MR) is 78.8 cm³/mol. The average Bonchev–Trinajstić information content (AvgIpc) is 2.96. The first kappa shape index (κ1) is 15.6. The van der Waals surface area contributed by atoms with Gasteiger partial charge in [0.05, 0.1) is 24.5 Å². The largest absolute Gasteiger partial charge is 0.462 e. The SMILES string of the molecule is CCOC(=O)c1cc(NC(C)C2CCOC2)c(F)cc1N. The van der Waals surface area contributed by atoms with Crippen molar-refractivity contribution >= 4 is 17.3 Å². The zero-order valence-electron chi connectivity index (χ0n) is 12.3. The van der Waals surface area contributed by atoms with Crippen LogP contribution in [-0.2, 0) is 9.47 Å². The highest BCUT2D eigenvalue weighted by Crippen LogP contribution is 2.26. The van der Waals surface area contributed by atoms with Gasteiger partial charge in [-0.3, -0.25) is 0 Å². The monoisotopic (exact) mass is 296 g/mol. The van der Waals surface area contributed by atoms with Gasteiger partial charge in [0, 0.05) is 24.3 Å². The van der Waals surface area contributed by atoms with Gasteiger partial charge >= 0.3 is 5.97 Å². The van der Waals surface area contributed by atoms with Crippen LogP contribution in [0, 0.1) is 11.7 Å². The molecule has 0 bridgehead atoms. The minimum Gasteiger partial charge on any atom is -0.462 e. The summed E-state index contributed by atoms with van der Waals surface area (Å²) in [7, 11) is 0. The lowest BCUT2D eigenvalue weighted by Crippen LogP contribution is -2.26. The Hall–Kier alpha value is -1.82.